The monoisotopic (exact) mass is 352 g/mol. The lowest BCUT2D eigenvalue weighted by Crippen LogP contribution is -2.24. The summed E-state index contributed by atoms with van der Waals surface area (Å²) in [6.07, 6.45) is 6.73. The molecule has 3 aromatic rings. The molecule has 0 unspecified atom stereocenters. The molecule has 0 aliphatic heterocycles. The van der Waals surface area contributed by atoms with Gasteiger partial charge in [-0.15, -0.1) is 11.8 Å². The zero-order valence-corrected chi connectivity index (χ0v) is 14.7. The molecule has 2 heterocycles. The summed E-state index contributed by atoms with van der Waals surface area (Å²) < 4.78 is 0. The lowest BCUT2D eigenvalue weighted by molar-refractivity contribution is 0.0946. The van der Waals surface area contributed by atoms with E-state index in [9.17, 15) is 4.79 Å². The summed E-state index contributed by atoms with van der Waals surface area (Å²) in [6.45, 7) is 0.371. The van der Waals surface area contributed by atoms with Gasteiger partial charge in [-0.05, 0) is 37.1 Å². The topological polar surface area (TPSA) is 70.7 Å². The zero-order valence-electron chi connectivity index (χ0n) is 13.9. The van der Waals surface area contributed by atoms with E-state index in [0.717, 1.165) is 21.9 Å². The quantitative estimate of drug-likeness (QED) is 0.730. The largest absolute Gasteiger partial charge is 0.345 e. The number of benzene rings is 1. The van der Waals surface area contributed by atoms with E-state index < -0.39 is 0 Å². The number of rotatable bonds is 5. The van der Waals surface area contributed by atoms with Crippen molar-refractivity contribution in [3.63, 3.8) is 0 Å². The second-order valence-corrected chi connectivity index (χ2v) is 7.55. The Morgan fingerprint density at radius 1 is 1.20 bits per heavy atom. The first kappa shape index (κ1) is 16.1. The van der Waals surface area contributed by atoms with Gasteiger partial charge in [-0.1, -0.05) is 25.0 Å². The van der Waals surface area contributed by atoms with Crippen molar-refractivity contribution < 1.29 is 4.79 Å². The fraction of sp³-hybridized carbons (Fsp3) is 0.316. The summed E-state index contributed by atoms with van der Waals surface area (Å²) in [7, 11) is 0. The summed E-state index contributed by atoms with van der Waals surface area (Å²) in [5.74, 6) is 0.650. The number of aromatic amines is 1. The van der Waals surface area contributed by atoms with E-state index in [1.54, 1.807) is 18.0 Å². The molecule has 6 heteroatoms. The van der Waals surface area contributed by atoms with Crippen LogP contribution in [-0.4, -0.2) is 26.1 Å². The predicted molar refractivity (Wildman–Crippen MR) is 99.6 cm³/mol. The van der Waals surface area contributed by atoms with Crippen LogP contribution in [0.5, 0.6) is 0 Å². The minimum atomic E-state index is -0.103. The predicted octanol–water partition coefficient (Wildman–Crippen LogP) is 3.92. The summed E-state index contributed by atoms with van der Waals surface area (Å²) in [4.78, 5) is 24.8. The maximum Gasteiger partial charge on any atom is 0.254 e. The van der Waals surface area contributed by atoms with Gasteiger partial charge in [0.1, 0.15) is 10.9 Å². The van der Waals surface area contributed by atoms with Crippen molar-refractivity contribution in [3.05, 3.63) is 54.0 Å². The number of aromatic nitrogens is 3. The number of hydrogen-bond acceptors (Lipinski definition) is 4. The molecule has 0 radical (unpaired) electrons. The molecule has 5 nitrogen and oxygen atoms in total. The molecule has 0 saturated heterocycles. The van der Waals surface area contributed by atoms with Crippen molar-refractivity contribution in [3.8, 4) is 0 Å². The number of carbonyl (C=O) groups excluding carboxylic acids is 1. The van der Waals surface area contributed by atoms with Gasteiger partial charge >= 0.3 is 0 Å². The average molecular weight is 352 g/mol. The molecule has 4 rings (SSSR count). The summed E-state index contributed by atoms with van der Waals surface area (Å²) in [5, 5.41) is 4.37. The first-order valence-electron chi connectivity index (χ1n) is 8.63. The van der Waals surface area contributed by atoms with E-state index in [4.69, 9.17) is 0 Å². The Morgan fingerprint density at radius 3 is 2.88 bits per heavy atom. The molecule has 2 aromatic heterocycles. The third-order valence-corrected chi connectivity index (χ3v) is 5.80. The highest BCUT2D eigenvalue weighted by Gasteiger charge is 2.20. The normalized spacial score (nSPS) is 14.9. The molecular formula is C19H20N4OS. The summed E-state index contributed by atoms with van der Waals surface area (Å²) in [5.41, 5.74) is 2.53. The van der Waals surface area contributed by atoms with Gasteiger partial charge in [0.25, 0.3) is 5.91 Å². The average Bonchev–Trinajstić information content (AvgIpc) is 3.29. The van der Waals surface area contributed by atoms with Gasteiger partial charge in [-0.25, -0.2) is 9.97 Å². The molecule has 25 heavy (non-hydrogen) atoms. The van der Waals surface area contributed by atoms with Crippen LogP contribution in [0.15, 0.2) is 47.6 Å². The number of nitrogens with zero attached hydrogens (tertiary/aromatic N) is 2. The van der Waals surface area contributed by atoms with Gasteiger partial charge in [-0.3, -0.25) is 4.79 Å². The van der Waals surface area contributed by atoms with E-state index >= 15 is 0 Å². The molecule has 1 fully saturated rings. The van der Waals surface area contributed by atoms with E-state index in [-0.39, 0.29) is 5.91 Å². The Labute approximate surface area is 150 Å². The minimum absolute atomic E-state index is 0.103. The Kier molecular flexibility index (Phi) is 4.70. The molecule has 128 valence electrons. The maximum atomic E-state index is 12.6. The first-order chi connectivity index (χ1) is 12.3. The standard InChI is InChI=1S/C19H20N4OS/c24-18(21-12-17-22-15-9-3-4-10-16(15)23-17)14-8-5-11-20-19(14)25-13-6-1-2-7-13/h3-5,8-11,13H,1-2,6-7,12H2,(H,21,24)(H,22,23). The third-order valence-electron chi connectivity index (χ3n) is 4.45. The van der Waals surface area contributed by atoms with Crippen molar-refractivity contribution in [1.29, 1.82) is 0 Å². The lowest BCUT2D eigenvalue weighted by Gasteiger charge is -2.11. The van der Waals surface area contributed by atoms with Crippen LogP contribution in [0.25, 0.3) is 11.0 Å². The fourth-order valence-corrected chi connectivity index (χ4v) is 4.46. The highest BCUT2D eigenvalue weighted by molar-refractivity contribution is 7.99. The number of thioether (sulfide) groups is 1. The van der Waals surface area contributed by atoms with Crippen LogP contribution in [0.3, 0.4) is 0 Å². The van der Waals surface area contributed by atoms with Crippen molar-refractivity contribution in [1.82, 2.24) is 20.3 Å². The molecule has 1 aromatic carbocycles. The molecule has 0 atom stereocenters. The van der Waals surface area contributed by atoms with E-state index in [1.165, 1.54) is 25.7 Å². The lowest BCUT2D eigenvalue weighted by atomic mass is 10.2. The van der Waals surface area contributed by atoms with Crippen LogP contribution in [0.2, 0.25) is 0 Å². The number of carbonyl (C=O) groups is 1. The van der Waals surface area contributed by atoms with Crippen molar-refractivity contribution in [2.24, 2.45) is 0 Å². The maximum absolute atomic E-state index is 12.6. The van der Waals surface area contributed by atoms with Crippen molar-refractivity contribution >= 4 is 28.7 Å². The summed E-state index contributed by atoms with van der Waals surface area (Å²) >= 11 is 1.74. The number of fused-ring (bicyclic) bond motifs is 1. The number of nitrogens with one attached hydrogen (secondary N) is 2. The van der Waals surface area contributed by atoms with Gasteiger partial charge in [-0.2, -0.15) is 0 Å². The van der Waals surface area contributed by atoms with Crippen molar-refractivity contribution in [2.45, 2.75) is 42.5 Å². The van der Waals surface area contributed by atoms with Gasteiger partial charge < -0.3 is 10.3 Å². The summed E-state index contributed by atoms with van der Waals surface area (Å²) in [6, 6.07) is 11.5. The van der Waals surface area contributed by atoms with Gasteiger partial charge in [0.2, 0.25) is 0 Å². The smallest absolute Gasteiger partial charge is 0.254 e. The molecule has 1 saturated carbocycles. The zero-order chi connectivity index (χ0) is 17.1. The van der Waals surface area contributed by atoms with Crippen LogP contribution >= 0.6 is 11.8 Å². The highest BCUT2D eigenvalue weighted by atomic mass is 32.2. The Morgan fingerprint density at radius 2 is 2.04 bits per heavy atom. The molecule has 1 aliphatic carbocycles. The molecular weight excluding hydrogens is 332 g/mol. The van der Waals surface area contributed by atoms with Crippen LogP contribution in [0.1, 0.15) is 41.9 Å². The van der Waals surface area contributed by atoms with Gasteiger partial charge in [0.05, 0.1) is 23.1 Å². The number of hydrogen-bond donors (Lipinski definition) is 2. The molecule has 0 bridgehead atoms. The Balaban J connectivity index is 1.45. The van der Waals surface area contributed by atoms with Crippen LogP contribution in [0, 0.1) is 0 Å². The van der Waals surface area contributed by atoms with E-state index in [1.807, 2.05) is 36.4 Å². The molecule has 1 aliphatic rings. The Hall–Kier alpha value is -2.34. The SMILES string of the molecule is O=C(NCc1nc2ccccc2[nH]1)c1cccnc1SC1CCCC1. The number of para-hydroxylation sites is 2. The van der Waals surface area contributed by atoms with Crippen LogP contribution in [0.4, 0.5) is 0 Å². The Bertz CT molecular complexity index is 853. The van der Waals surface area contributed by atoms with Gasteiger partial charge in [0, 0.05) is 11.4 Å². The second-order valence-electron chi connectivity index (χ2n) is 6.26. The minimum Gasteiger partial charge on any atom is -0.345 e. The highest BCUT2D eigenvalue weighted by Crippen LogP contribution is 2.35. The van der Waals surface area contributed by atoms with Crippen LogP contribution < -0.4 is 5.32 Å². The van der Waals surface area contributed by atoms with E-state index in [0.29, 0.717) is 17.4 Å². The number of pyridine rings is 1. The second kappa shape index (κ2) is 7.27. The van der Waals surface area contributed by atoms with Gasteiger partial charge in [0.15, 0.2) is 0 Å². The number of imidazole rings is 1. The van der Waals surface area contributed by atoms with E-state index in [2.05, 4.69) is 20.3 Å². The number of amides is 1. The molecule has 1 amide bonds. The van der Waals surface area contributed by atoms with Crippen LogP contribution in [-0.2, 0) is 6.54 Å². The van der Waals surface area contributed by atoms with Crippen molar-refractivity contribution in [2.75, 3.05) is 0 Å². The third kappa shape index (κ3) is 3.69. The molecule has 2 N–H and O–H groups in total. The first-order valence-corrected chi connectivity index (χ1v) is 9.51. The molecule has 0 spiro atoms. The fourth-order valence-electron chi connectivity index (χ4n) is 3.17. The number of H-pyrrole nitrogens is 1.